The van der Waals surface area contributed by atoms with Crippen molar-refractivity contribution in [2.75, 3.05) is 26.9 Å². The highest BCUT2D eigenvalue weighted by Crippen LogP contribution is 2.21. The zero-order chi connectivity index (χ0) is 21.9. The minimum absolute atomic E-state index is 0.502. The van der Waals surface area contributed by atoms with Crippen LogP contribution in [0, 0.1) is 6.92 Å². The largest absolute Gasteiger partial charge is 0.491 e. The molecule has 0 bridgehead atoms. The number of benzene rings is 2. The molecule has 0 spiro atoms. The summed E-state index contributed by atoms with van der Waals surface area (Å²) in [4.78, 5) is 4.29. The highest BCUT2D eigenvalue weighted by Gasteiger charge is 2.09. The number of rotatable bonds is 10. The lowest BCUT2D eigenvalue weighted by Gasteiger charge is -2.15. The Morgan fingerprint density at radius 3 is 2.61 bits per heavy atom. The van der Waals surface area contributed by atoms with Crippen molar-refractivity contribution < 1.29 is 14.0 Å². The van der Waals surface area contributed by atoms with Crippen LogP contribution in [0.3, 0.4) is 0 Å². The maximum atomic E-state index is 5.91. The first-order valence-electron chi connectivity index (χ1n) is 10.4. The standard InChI is InChI=1S/C24H30N4O3/c1-4-29-12-13-30-22-14-18(2)10-11-20(22)16-26-24(25-3)27-17-21-15-23(31-28-21)19-8-6-5-7-9-19/h5-11,14-15H,4,12-13,16-17H2,1-3H3,(H2,25,26,27). The molecule has 0 aliphatic rings. The molecule has 3 rings (SSSR count). The SMILES string of the molecule is CCOCCOc1cc(C)ccc1CNC(=NC)NCc1cc(-c2ccccc2)on1. The Morgan fingerprint density at radius 1 is 1.03 bits per heavy atom. The van der Waals surface area contributed by atoms with Crippen molar-refractivity contribution in [2.45, 2.75) is 26.9 Å². The number of aliphatic imine (C=N–C) groups is 1. The second-order valence-electron chi connectivity index (χ2n) is 6.98. The maximum Gasteiger partial charge on any atom is 0.191 e. The van der Waals surface area contributed by atoms with Gasteiger partial charge in [-0.15, -0.1) is 0 Å². The zero-order valence-electron chi connectivity index (χ0n) is 18.4. The van der Waals surface area contributed by atoms with Crippen molar-refractivity contribution in [1.29, 1.82) is 0 Å². The van der Waals surface area contributed by atoms with Gasteiger partial charge >= 0.3 is 0 Å². The van der Waals surface area contributed by atoms with E-state index in [1.165, 1.54) is 0 Å². The minimum atomic E-state index is 0.502. The van der Waals surface area contributed by atoms with E-state index >= 15 is 0 Å². The van der Waals surface area contributed by atoms with Crippen molar-refractivity contribution in [2.24, 2.45) is 4.99 Å². The lowest BCUT2D eigenvalue weighted by Crippen LogP contribution is -2.36. The fourth-order valence-corrected chi connectivity index (χ4v) is 3.00. The fraction of sp³-hybridized carbons (Fsp3) is 0.333. The predicted octanol–water partition coefficient (Wildman–Crippen LogP) is 3.93. The summed E-state index contributed by atoms with van der Waals surface area (Å²) in [6.07, 6.45) is 0. The first-order chi connectivity index (χ1) is 15.2. The minimum Gasteiger partial charge on any atom is -0.491 e. The van der Waals surface area contributed by atoms with Crippen molar-refractivity contribution >= 4 is 5.96 Å². The van der Waals surface area contributed by atoms with Gasteiger partial charge in [-0.2, -0.15) is 0 Å². The first-order valence-corrected chi connectivity index (χ1v) is 10.4. The normalized spacial score (nSPS) is 11.4. The number of hydrogen-bond donors (Lipinski definition) is 2. The van der Waals surface area contributed by atoms with Crippen molar-refractivity contribution in [3.63, 3.8) is 0 Å². The average Bonchev–Trinajstić information content (AvgIpc) is 3.27. The number of aryl methyl sites for hydroxylation is 1. The molecule has 164 valence electrons. The lowest BCUT2D eigenvalue weighted by atomic mass is 10.1. The summed E-state index contributed by atoms with van der Waals surface area (Å²) in [5.74, 6) is 2.27. The van der Waals surface area contributed by atoms with Crippen LogP contribution in [-0.2, 0) is 17.8 Å². The van der Waals surface area contributed by atoms with E-state index in [2.05, 4.69) is 39.8 Å². The monoisotopic (exact) mass is 422 g/mol. The van der Waals surface area contributed by atoms with Crippen LogP contribution in [0.2, 0.25) is 0 Å². The molecule has 1 aromatic heterocycles. The molecule has 7 heteroatoms. The summed E-state index contributed by atoms with van der Waals surface area (Å²) in [6, 6.07) is 18.0. The molecular formula is C24H30N4O3. The van der Waals surface area contributed by atoms with Gasteiger partial charge in [-0.25, -0.2) is 0 Å². The third kappa shape index (κ3) is 6.86. The van der Waals surface area contributed by atoms with E-state index in [1.54, 1.807) is 7.05 Å². The van der Waals surface area contributed by atoms with Crippen molar-refractivity contribution in [1.82, 2.24) is 15.8 Å². The van der Waals surface area contributed by atoms with Crippen LogP contribution in [0.1, 0.15) is 23.7 Å². The van der Waals surface area contributed by atoms with E-state index in [4.69, 9.17) is 14.0 Å². The molecule has 2 N–H and O–H groups in total. The molecule has 0 aliphatic heterocycles. The summed E-state index contributed by atoms with van der Waals surface area (Å²) >= 11 is 0. The summed E-state index contributed by atoms with van der Waals surface area (Å²) in [5, 5.41) is 10.7. The lowest BCUT2D eigenvalue weighted by molar-refractivity contribution is 0.110. The van der Waals surface area contributed by atoms with E-state index in [-0.39, 0.29) is 0 Å². The number of hydrogen-bond acceptors (Lipinski definition) is 5. The molecule has 0 unspecified atom stereocenters. The highest BCUT2D eigenvalue weighted by atomic mass is 16.5. The van der Waals surface area contributed by atoms with E-state index in [0.29, 0.717) is 38.9 Å². The van der Waals surface area contributed by atoms with Crippen molar-refractivity contribution in [3.05, 3.63) is 71.4 Å². The van der Waals surface area contributed by atoms with E-state index in [1.807, 2.05) is 49.4 Å². The Hall–Kier alpha value is -3.32. The Bertz CT molecular complexity index is 970. The van der Waals surface area contributed by atoms with Gasteiger partial charge in [0.05, 0.1) is 13.2 Å². The molecule has 1 heterocycles. The molecular weight excluding hydrogens is 392 g/mol. The van der Waals surface area contributed by atoms with Gasteiger partial charge in [0.1, 0.15) is 18.1 Å². The quantitative estimate of drug-likeness (QED) is 0.293. The Kier molecular flexibility index (Phi) is 8.48. The van der Waals surface area contributed by atoms with Gasteiger partial charge in [-0.05, 0) is 25.5 Å². The number of nitrogens with zero attached hydrogens (tertiary/aromatic N) is 2. The number of nitrogens with one attached hydrogen (secondary N) is 2. The third-order valence-corrected chi connectivity index (χ3v) is 4.64. The van der Waals surface area contributed by atoms with Crippen LogP contribution in [-0.4, -0.2) is 38.0 Å². The number of aromatic nitrogens is 1. The van der Waals surface area contributed by atoms with Crippen LogP contribution < -0.4 is 15.4 Å². The Morgan fingerprint density at radius 2 is 1.84 bits per heavy atom. The van der Waals surface area contributed by atoms with Crippen LogP contribution in [0.4, 0.5) is 0 Å². The van der Waals surface area contributed by atoms with E-state index in [9.17, 15) is 0 Å². The molecule has 0 amide bonds. The molecule has 2 aromatic carbocycles. The van der Waals surface area contributed by atoms with Gasteiger partial charge in [0.15, 0.2) is 11.7 Å². The van der Waals surface area contributed by atoms with Crippen LogP contribution in [0.5, 0.6) is 5.75 Å². The molecule has 0 radical (unpaired) electrons. The van der Waals surface area contributed by atoms with Crippen LogP contribution >= 0.6 is 0 Å². The topological polar surface area (TPSA) is 80.9 Å². The van der Waals surface area contributed by atoms with Gasteiger partial charge in [0.25, 0.3) is 0 Å². The Balaban J connectivity index is 1.53. The van der Waals surface area contributed by atoms with Gasteiger partial charge in [-0.3, -0.25) is 4.99 Å². The second kappa shape index (κ2) is 11.8. The maximum absolute atomic E-state index is 5.91. The third-order valence-electron chi connectivity index (χ3n) is 4.64. The fourth-order valence-electron chi connectivity index (χ4n) is 3.00. The summed E-state index contributed by atoms with van der Waals surface area (Å²) in [7, 11) is 1.74. The van der Waals surface area contributed by atoms with E-state index in [0.717, 1.165) is 33.9 Å². The molecule has 31 heavy (non-hydrogen) atoms. The number of guanidine groups is 1. The van der Waals surface area contributed by atoms with Crippen molar-refractivity contribution in [3.8, 4) is 17.1 Å². The summed E-state index contributed by atoms with van der Waals surface area (Å²) in [6.45, 7) is 6.89. The van der Waals surface area contributed by atoms with E-state index < -0.39 is 0 Å². The Labute approximate surface area is 183 Å². The van der Waals surface area contributed by atoms with Gasteiger partial charge in [0, 0.05) is 37.4 Å². The summed E-state index contributed by atoms with van der Waals surface area (Å²) < 4.78 is 16.7. The average molecular weight is 423 g/mol. The highest BCUT2D eigenvalue weighted by molar-refractivity contribution is 5.79. The zero-order valence-corrected chi connectivity index (χ0v) is 18.4. The molecule has 0 aliphatic carbocycles. The predicted molar refractivity (Wildman–Crippen MR) is 122 cm³/mol. The van der Waals surface area contributed by atoms with Gasteiger partial charge in [0.2, 0.25) is 0 Å². The van der Waals surface area contributed by atoms with Crippen LogP contribution in [0.25, 0.3) is 11.3 Å². The number of ether oxygens (including phenoxy) is 2. The van der Waals surface area contributed by atoms with Gasteiger partial charge in [-0.1, -0.05) is 47.6 Å². The first kappa shape index (κ1) is 22.4. The summed E-state index contributed by atoms with van der Waals surface area (Å²) in [5.41, 5.74) is 4.01. The van der Waals surface area contributed by atoms with Crippen LogP contribution in [0.15, 0.2) is 64.1 Å². The molecule has 0 fully saturated rings. The molecule has 0 atom stereocenters. The molecule has 3 aromatic rings. The smallest absolute Gasteiger partial charge is 0.191 e. The molecule has 0 saturated carbocycles. The molecule has 0 saturated heterocycles. The second-order valence-corrected chi connectivity index (χ2v) is 6.98. The molecule has 7 nitrogen and oxygen atoms in total. The van der Waals surface area contributed by atoms with Gasteiger partial charge < -0.3 is 24.6 Å².